The Balaban J connectivity index is 0.00000272. The molecule has 8 heteroatoms. The minimum absolute atomic E-state index is 0. The van der Waals surface area contributed by atoms with Crippen LogP contribution in [0.4, 0.5) is 0 Å². The molecule has 63 heavy (non-hydrogen) atoms. The molecule has 0 saturated heterocycles. The fourth-order valence-corrected chi connectivity index (χ4v) is 9.16. The Hall–Kier alpha value is -5.72. The summed E-state index contributed by atoms with van der Waals surface area (Å²) in [6.45, 7) is 11.0. The molecule has 0 atom stereocenters. The summed E-state index contributed by atoms with van der Waals surface area (Å²) in [5, 5.41) is 2.00. The van der Waals surface area contributed by atoms with Gasteiger partial charge < -0.3 is 9.40 Å². The van der Waals surface area contributed by atoms with Crippen LogP contribution in [0.1, 0.15) is 27.9 Å². The van der Waals surface area contributed by atoms with Gasteiger partial charge in [-0.2, -0.15) is 0 Å². The molecule has 5 aromatic heterocycles. The number of nitrogens with zero attached hydrogens (tertiary/aromatic N) is 4. The molecule has 312 valence electrons. The average Bonchev–Trinajstić information content (AvgIpc) is 3.67. The predicted octanol–water partition coefficient (Wildman–Crippen LogP) is 14.9. The Labute approximate surface area is 403 Å². The molecule has 5 aromatic carbocycles. The van der Waals surface area contributed by atoms with Crippen LogP contribution in [0.2, 0.25) is 0 Å². The number of fused-ring (bicyclic) bond motifs is 3. The maximum atomic E-state index is 6.30. The summed E-state index contributed by atoms with van der Waals surface area (Å²) in [5.41, 5.74) is 22.0. The summed E-state index contributed by atoms with van der Waals surface area (Å²) in [4.78, 5) is 19.3. The van der Waals surface area contributed by atoms with E-state index in [1.165, 1.54) is 44.5 Å². The number of pyridine rings is 4. The monoisotopic (exact) mass is 1240 g/mol. The molecule has 10 rings (SSSR count). The summed E-state index contributed by atoms with van der Waals surface area (Å²) in [7, 11) is 0. The molecule has 0 aliphatic carbocycles. The quantitative estimate of drug-likeness (QED) is 0.149. The van der Waals surface area contributed by atoms with Crippen molar-refractivity contribution in [3.63, 3.8) is 0 Å². The largest absolute Gasteiger partial charge is 0.486 e. The molecule has 0 spiro atoms. The summed E-state index contributed by atoms with van der Waals surface area (Å²) < 4.78 is 7.26. The van der Waals surface area contributed by atoms with Crippen LogP contribution >= 0.6 is 15.9 Å². The molecule has 0 unspecified atom stereocenters. The molecule has 5 nitrogen and oxygen atoms in total. The second kappa shape index (κ2) is 18.2. The second-order valence-electron chi connectivity index (χ2n) is 15.6. The minimum atomic E-state index is 0. The van der Waals surface area contributed by atoms with E-state index in [1.807, 2.05) is 49.6 Å². The molecular weight excluding hydrogens is 1200 g/mol. The predicted molar refractivity (Wildman–Crippen MR) is 253 cm³/mol. The van der Waals surface area contributed by atoms with E-state index >= 15 is 0 Å². The van der Waals surface area contributed by atoms with Crippen molar-refractivity contribution in [2.75, 3.05) is 0 Å². The van der Waals surface area contributed by atoms with Gasteiger partial charge in [-0.05, 0) is 143 Å². The fourth-order valence-electron chi connectivity index (χ4n) is 8.83. The van der Waals surface area contributed by atoms with E-state index in [2.05, 4.69) is 163 Å². The molecule has 0 N–H and O–H groups in total. The number of aromatic nitrogens is 4. The van der Waals surface area contributed by atoms with E-state index in [-0.39, 0.29) is 40.2 Å². The van der Waals surface area contributed by atoms with Crippen LogP contribution in [0, 0.1) is 40.7 Å². The summed E-state index contributed by atoms with van der Waals surface area (Å²) in [5.74, 6) is 0. The van der Waals surface area contributed by atoms with Crippen LogP contribution in [0.25, 0.3) is 100 Å². The van der Waals surface area contributed by atoms with E-state index in [4.69, 9.17) is 14.4 Å². The molecule has 10 aromatic rings. The Bertz CT molecular complexity index is 3300. The third-order valence-electron chi connectivity index (χ3n) is 12.0. The van der Waals surface area contributed by atoms with Gasteiger partial charge in [-0.1, -0.05) is 118 Å². The third-order valence-corrected chi connectivity index (χ3v) is 12.5. The van der Waals surface area contributed by atoms with Gasteiger partial charge >= 0.3 is 0 Å². The number of furan rings is 1. The Kier molecular flexibility index (Phi) is 12.7. The van der Waals surface area contributed by atoms with Crippen molar-refractivity contribution >= 4 is 38.0 Å². The number of aryl methyl sites for hydroxylation is 1. The molecule has 0 fully saturated rings. The zero-order valence-electron chi connectivity index (χ0n) is 35.2. The van der Waals surface area contributed by atoms with Crippen LogP contribution in [0.15, 0.2) is 161 Å². The smallest absolute Gasteiger partial charge is 0.216 e. The standard InChI is InChI=1S/C55H40BrN4O.2Ir/c1-32-22-24-45-44-20-13-21-46(54(44)61-55(45)60-32)49-25-23-38(30-58-49)40-16-9-11-18-42(40)52-33(2)35(4)53(36(5)34(52)3)43-19-12-10-17-41(43)48-31-59-51(50-28-39(56)26-27-57-50)29-47(48)37-14-7-6-8-15-37;;/h6-20,22-31H,1-5H3;;/q-1;;. The number of hydrogen-bond donors (Lipinski definition) is 0. The first kappa shape index (κ1) is 43.9. The van der Waals surface area contributed by atoms with Crippen molar-refractivity contribution in [3.8, 4) is 78.3 Å². The second-order valence-corrected chi connectivity index (χ2v) is 16.5. The van der Waals surface area contributed by atoms with E-state index in [0.717, 1.165) is 82.5 Å². The minimum Gasteiger partial charge on any atom is -0.486 e. The van der Waals surface area contributed by atoms with Crippen molar-refractivity contribution in [2.24, 2.45) is 0 Å². The van der Waals surface area contributed by atoms with Gasteiger partial charge in [-0.3, -0.25) is 9.97 Å². The molecular formula is C55H40BrIr2N4O-. The molecule has 0 amide bonds. The topological polar surface area (TPSA) is 64.7 Å². The zero-order chi connectivity index (χ0) is 41.8. The first-order valence-corrected chi connectivity index (χ1v) is 21.2. The van der Waals surface area contributed by atoms with E-state index in [1.54, 1.807) is 6.20 Å². The van der Waals surface area contributed by atoms with Gasteiger partial charge in [0, 0.05) is 79.9 Å². The SMILES string of the molecule is Cc1ccc2c(n1)oc1c(-c3ccc(-c4ccccc4-c4c(C)c(C)c(-c5ccccc5-c5cnc(-c6cc(Br)ccn6)cc5-c5ccccc5)c(C)c4C)cn3)[c-]ccc12.[Ir].[Ir]. The number of rotatable bonds is 7. The van der Waals surface area contributed by atoms with Crippen LogP contribution in [0.5, 0.6) is 0 Å². The Morgan fingerprint density at radius 1 is 0.492 bits per heavy atom. The summed E-state index contributed by atoms with van der Waals surface area (Å²) in [6.07, 6.45) is 5.79. The van der Waals surface area contributed by atoms with Gasteiger partial charge in [0.25, 0.3) is 0 Å². The maximum absolute atomic E-state index is 6.30. The van der Waals surface area contributed by atoms with E-state index in [0.29, 0.717) is 5.71 Å². The van der Waals surface area contributed by atoms with E-state index < -0.39 is 0 Å². The zero-order valence-corrected chi connectivity index (χ0v) is 41.6. The van der Waals surface area contributed by atoms with Gasteiger partial charge in [0.15, 0.2) is 0 Å². The Morgan fingerprint density at radius 2 is 1.11 bits per heavy atom. The van der Waals surface area contributed by atoms with Crippen molar-refractivity contribution in [3.05, 3.63) is 191 Å². The fraction of sp³-hybridized carbons (Fsp3) is 0.0909. The molecule has 2 radical (unpaired) electrons. The number of benzene rings is 5. The van der Waals surface area contributed by atoms with E-state index in [9.17, 15) is 0 Å². The normalized spacial score (nSPS) is 11.1. The summed E-state index contributed by atoms with van der Waals surface area (Å²) >= 11 is 3.62. The number of halogens is 1. The first-order valence-electron chi connectivity index (χ1n) is 20.4. The molecule has 0 aliphatic rings. The van der Waals surface area contributed by atoms with Gasteiger partial charge in [0.2, 0.25) is 5.71 Å². The van der Waals surface area contributed by atoms with Crippen LogP contribution in [0.3, 0.4) is 0 Å². The van der Waals surface area contributed by atoms with Crippen LogP contribution in [-0.4, -0.2) is 19.9 Å². The van der Waals surface area contributed by atoms with Crippen molar-refractivity contribution in [1.29, 1.82) is 0 Å². The van der Waals surface area contributed by atoms with Gasteiger partial charge in [0.1, 0.15) is 0 Å². The molecule has 5 heterocycles. The number of hydrogen-bond acceptors (Lipinski definition) is 5. The van der Waals surface area contributed by atoms with Crippen LogP contribution < -0.4 is 0 Å². The molecule has 0 aliphatic heterocycles. The first-order chi connectivity index (χ1) is 29.7. The van der Waals surface area contributed by atoms with Gasteiger partial charge in [0.05, 0.1) is 17.0 Å². The maximum Gasteiger partial charge on any atom is 0.216 e. The third kappa shape index (κ3) is 7.97. The average molecular weight is 1240 g/mol. The van der Waals surface area contributed by atoms with Gasteiger partial charge in [-0.15, -0.1) is 18.2 Å². The summed E-state index contributed by atoms with van der Waals surface area (Å²) in [6, 6.07) is 49.8. The van der Waals surface area contributed by atoms with Crippen molar-refractivity contribution < 1.29 is 44.6 Å². The van der Waals surface area contributed by atoms with Crippen LogP contribution in [-0.2, 0) is 40.2 Å². The Morgan fingerprint density at radius 3 is 1.78 bits per heavy atom. The van der Waals surface area contributed by atoms with Gasteiger partial charge in [-0.25, -0.2) is 4.98 Å². The molecule has 0 saturated carbocycles. The molecule has 0 bridgehead atoms. The van der Waals surface area contributed by atoms with Crippen molar-refractivity contribution in [1.82, 2.24) is 19.9 Å². The van der Waals surface area contributed by atoms with Crippen molar-refractivity contribution in [2.45, 2.75) is 34.6 Å².